The molecule has 0 spiro atoms. The van der Waals surface area contributed by atoms with Crippen LogP contribution in [-0.2, 0) is 9.59 Å². The zero-order valence-corrected chi connectivity index (χ0v) is 12.1. The highest BCUT2D eigenvalue weighted by molar-refractivity contribution is 6.02. The molecule has 2 amide bonds. The smallest absolute Gasteiger partial charge is 0.227 e. The Balaban J connectivity index is 2.29. The molecular weight excluding hydrogens is 254 g/mol. The lowest BCUT2D eigenvalue weighted by Crippen LogP contribution is -2.31. The van der Waals surface area contributed by atoms with Crippen LogP contribution in [0.4, 0.5) is 11.4 Å². The molecule has 1 heterocycles. The maximum Gasteiger partial charge on any atom is 0.227 e. The van der Waals surface area contributed by atoms with Gasteiger partial charge in [-0.05, 0) is 32.9 Å². The molecular formula is C15H21N3O2. The zero-order valence-electron chi connectivity index (χ0n) is 12.1. The van der Waals surface area contributed by atoms with Crippen LogP contribution < -0.4 is 16.0 Å². The lowest BCUT2D eigenvalue weighted by Gasteiger charge is -2.27. The predicted octanol–water partition coefficient (Wildman–Crippen LogP) is 1.74. The van der Waals surface area contributed by atoms with Crippen LogP contribution >= 0.6 is 0 Å². The maximum absolute atomic E-state index is 12.1. The second-order valence-electron chi connectivity index (χ2n) is 6.20. The highest BCUT2D eigenvalue weighted by Gasteiger charge is 2.35. The lowest BCUT2D eigenvalue weighted by atomic mass is 10.1. The molecule has 5 heteroatoms. The molecule has 1 aliphatic heterocycles. The number of nitrogens with one attached hydrogen (secondary N) is 1. The van der Waals surface area contributed by atoms with Crippen molar-refractivity contribution in [3.63, 3.8) is 0 Å². The first kappa shape index (κ1) is 14.4. The number of primary amides is 1. The third kappa shape index (κ3) is 3.10. The minimum Gasteiger partial charge on any atom is -0.379 e. The van der Waals surface area contributed by atoms with Gasteiger partial charge in [0.15, 0.2) is 0 Å². The number of hydrogen-bond donors (Lipinski definition) is 2. The van der Waals surface area contributed by atoms with Crippen LogP contribution in [0, 0.1) is 5.92 Å². The van der Waals surface area contributed by atoms with Crippen molar-refractivity contribution < 1.29 is 9.59 Å². The quantitative estimate of drug-likeness (QED) is 0.882. The fourth-order valence-electron chi connectivity index (χ4n) is 2.35. The molecule has 1 atom stereocenters. The molecule has 1 aromatic rings. The molecule has 1 aliphatic rings. The number of nitrogens with zero attached hydrogens (tertiary/aromatic N) is 1. The van der Waals surface area contributed by atoms with Crippen molar-refractivity contribution in [2.45, 2.75) is 32.7 Å². The summed E-state index contributed by atoms with van der Waals surface area (Å²) >= 11 is 0. The Bertz CT molecular complexity index is 534. The van der Waals surface area contributed by atoms with Crippen LogP contribution in [0.1, 0.15) is 27.2 Å². The van der Waals surface area contributed by atoms with Crippen molar-refractivity contribution in [2.75, 3.05) is 16.8 Å². The number of amides is 2. The largest absolute Gasteiger partial charge is 0.379 e. The first-order chi connectivity index (χ1) is 9.28. The van der Waals surface area contributed by atoms with Crippen LogP contribution in [0.5, 0.6) is 0 Å². The Morgan fingerprint density at radius 2 is 2.00 bits per heavy atom. The summed E-state index contributed by atoms with van der Waals surface area (Å²) in [6.07, 6.45) is 0.194. The van der Waals surface area contributed by atoms with E-state index in [9.17, 15) is 9.59 Å². The summed E-state index contributed by atoms with van der Waals surface area (Å²) in [6, 6.07) is 7.62. The molecule has 0 aromatic heterocycles. The van der Waals surface area contributed by atoms with E-state index in [1.807, 2.05) is 24.3 Å². The van der Waals surface area contributed by atoms with E-state index in [1.54, 1.807) is 4.90 Å². The normalized spacial score (nSPS) is 19.2. The molecule has 0 saturated carbocycles. The van der Waals surface area contributed by atoms with Crippen LogP contribution in [0.25, 0.3) is 0 Å². The number of para-hydroxylation sites is 2. The maximum atomic E-state index is 12.1. The third-order valence-corrected chi connectivity index (χ3v) is 3.23. The summed E-state index contributed by atoms with van der Waals surface area (Å²) in [7, 11) is 0. The number of benzene rings is 1. The van der Waals surface area contributed by atoms with Gasteiger partial charge in [-0.1, -0.05) is 12.1 Å². The van der Waals surface area contributed by atoms with Crippen LogP contribution in [0.2, 0.25) is 0 Å². The van der Waals surface area contributed by atoms with Crippen molar-refractivity contribution in [1.82, 2.24) is 0 Å². The number of hydrogen-bond acceptors (Lipinski definition) is 3. The van der Waals surface area contributed by atoms with E-state index in [1.165, 1.54) is 0 Å². The SMILES string of the molecule is CC(C)(C)Nc1ccccc1N1CC(C(N)=O)CC1=O. The summed E-state index contributed by atoms with van der Waals surface area (Å²) in [4.78, 5) is 25.0. The van der Waals surface area contributed by atoms with Crippen molar-refractivity contribution in [3.05, 3.63) is 24.3 Å². The molecule has 0 aliphatic carbocycles. The number of carbonyl (C=O) groups is 2. The average Bonchev–Trinajstić information content (AvgIpc) is 2.70. The molecule has 0 radical (unpaired) electrons. The summed E-state index contributed by atoms with van der Waals surface area (Å²) in [5.41, 5.74) is 6.89. The minimum absolute atomic E-state index is 0.0584. The van der Waals surface area contributed by atoms with Gasteiger partial charge in [0.25, 0.3) is 0 Å². The number of carbonyl (C=O) groups excluding carboxylic acids is 2. The van der Waals surface area contributed by atoms with Crippen molar-refractivity contribution in [3.8, 4) is 0 Å². The van der Waals surface area contributed by atoms with E-state index in [0.29, 0.717) is 6.54 Å². The molecule has 1 aromatic carbocycles. The average molecular weight is 275 g/mol. The van der Waals surface area contributed by atoms with Gasteiger partial charge in [0.1, 0.15) is 0 Å². The molecule has 108 valence electrons. The zero-order chi connectivity index (χ0) is 14.9. The predicted molar refractivity (Wildman–Crippen MR) is 79.5 cm³/mol. The van der Waals surface area contributed by atoms with Crippen LogP contribution in [-0.4, -0.2) is 23.9 Å². The van der Waals surface area contributed by atoms with E-state index < -0.39 is 11.8 Å². The van der Waals surface area contributed by atoms with E-state index in [2.05, 4.69) is 26.1 Å². The van der Waals surface area contributed by atoms with E-state index >= 15 is 0 Å². The van der Waals surface area contributed by atoms with Gasteiger partial charge in [0, 0.05) is 18.5 Å². The van der Waals surface area contributed by atoms with Crippen molar-refractivity contribution in [1.29, 1.82) is 0 Å². The van der Waals surface area contributed by atoms with Gasteiger partial charge >= 0.3 is 0 Å². The van der Waals surface area contributed by atoms with Crippen molar-refractivity contribution >= 4 is 23.2 Å². The Hall–Kier alpha value is -2.04. The second-order valence-corrected chi connectivity index (χ2v) is 6.20. The Morgan fingerprint density at radius 1 is 1.35 bits per heavy atom. The van der Waals surface area contributed by atoms with Crippen molar-refractivity contribution in [2.24, 2.45) is 11.7 Å². The number of rotatable bonds is 3. The molecule has 1 saturated heterocycles. The monoisotopic (exact) mass is 275 g/mol. The van der Waals surface area contributed by atoms with E-state index in [4.69, 9.17) is 5.73 Å². The van der Waals surface area contributed by atoms with Gasteiger partial charge in [-0.2, -0.15) is 0 Å². The number of anilines is 2. The van der Waals surface area contributed by atoms with Crippen LogP contribution in [0.3, 0.4) is 0 Å². The lowest BCUT2D eigenvalue weighted by molar-refractivity contribution is -0.123. The first-order valence-electron chi connectivity index (χ1n) is 6.75. The Morgan fingerprint density at radius 3 is 2.55 bits per heavy atom. The van der Waals surface area contributed by atoms with Crippen LogP contribution in [0.15, 0.2) is 24.3 Å². The van der Waals surface area contributed by atoms with Gasteiger partial charge in [-0.25, -0.2) is 0 Å². The molecule has 1 unspecified atom stereocenters. The van der Waals surface area contributed by atoms with E-state index in [0.717, 1.165) is 11.4 Å². The summed E-state index contributed by atoms with van der Waals surface area (Å²) < 4.78 is 0. The first-order valence-corrected chi connectivity index (χ1v) is 6.75. The summed E-state index contributed by atoms with van der Waals surface area (Å²) in [6.45, 7) is 6.53. The van der Waals surface area contributed by atoms with Gasteiger partial charge in [0.05, 0.1) is 17.3 Å². The molecule has 0 bridgehead atoms. The van der Waals surface area contributed by atoms with Gasteiger partial charge in [0.2, 0.25) is 11.8 Å². The molecule has 3 N–H and O–H groups in total. The fraction of sp³-hybridized carbons (Fsp3) is 0.467. The summed E-state index contributed by atoms with van der Waals surface area (Å²) in [5, 5.41) is 3.38. The highest BCUT2D eigenvalue weighted by Crippen LogP contribution is 2.32. The minimum atomic E-state index is -0.415. The Kier molecular flexibility index (Phi) is 3.70. The fourth-order valence-corrected chi connectivity index (χ4v) is 2.35. The highest BCUT2D eigenvalue weighted by atomic mass is 16.2. The second kappa shape index (κ2) is 5.15. The number of nitrogens with two attached hydrogens (primary N) is 1. The van der Waals surface area contributed by atoms with Gasteiger partial charge in [-0.15, -0.1) is 0 Å². The third-order valence-electron chi connectivity index (χ3n) is 3.23. The standard InChI is InChI=1S/C15H21N3O2/c1-15(2,3)17-11-6-4-5-7-12(11)18-9-10(14(16)20)8-13(18)19/h4-7,10,17H,8-9H2,1-3H3,(H2,16,20). The van der Waals surface area contributed by atoms with Gasteiger partial charge in [-0.3, -0.25) is 9.59 Å². The van der Waals surface area contributed by atoms with Gasteiger partial charge < -0.3 is 16.0 Å². The Labute approximate surface area is 119 Å². The van der Waals surface area contributed by atoms with E-state index in [-0.39, 0.29) is 17.9 Å². The molecule has 5 nitrogen and oxygen atoms in total. The molecule has 2 rings (SSSR count). The molecule has 1 fully saturated rings. The summed E-state index contributed by atoms with van der Waals surface area (Å²) in [5.74, 6) is -0.871. The topological polar surface area (TPSA) is 75.4 Å². The molecule has 20 heavy (non-hydrogen) atoms.